The zero-order valence-electron chi connectivity index (χ0n) is 20.7. The standard InChI is InChI=1S/C25H32ClN5O4S/c1-15-16(2)36-25-22(15)23(18-4-6-19(26)7-5-18)30-20(24(28)31(25)17(3)27)14-21(33)29-8-10-34-12-13-35-11-9-32/h4-7,20,27-28,32H,8-14H2,1-3H3,(H,29,33)/t20-/m0/s1. The number of halogens is 1. The molecule has 1 aromatic carbocycles. The quantitative estimate of drug-likeness (QED) is 0.199. The minimum atomic E-state index is -0.775. The lowest BCUT2D eigenvalue weighted by Crippen LogP contribution is -2.42. The Balaban J connectivity index is 1.81. The van der Waals surface area contributed by atoms with E-state index >= 15 is 0 Å². The molecule has 0 radical (unpaired) electrons. The number of amides is 1. The van der Waals surface area contributed by atoms with Gasteiger partial charge in [-0.3, -0.25) is 25.5 Å². The van der Waals surface area contributed by atoms with Gasteiger partial charge in [-0.1, -0.05) is 23.7 Å². The molecule has 194 valence electrons. The minimum absolute atomic E-state index is 0.0317. The smallest absolute Gasteiger partial charge is 0.222 e. The lowest BCUT2D eigenvalue weighted by molar-refractivity contribution is -0.121. The summed E-state index contributed by atoms with van der Waals surface area (Å²) in [6.07, 6.45) is -0.0354. The van der Waals surface area contributed by atoms with Crippen LogP contribution in [0.5, 0.6) is 0 Å². The van der Waals surface area contributed by atoms with Crippen molar-refractivity contribution < 1.29 is 19.4 Å². The zero-order chi connectivity index (χ0) is 26.2. The zero-order valence-corrected chi connectivity index (χ0v) is 22.3. The van der Waals surface area contributed by atoms with Crippen LogP contribution in [0, 0.1) is 24.7 Å². The number of fused-ring (bicyclic) bond motifs is 1. The number of carbonyl (C=O) groups excluding carboxylic acids is 1. The third-order valence-corrected chi connectivity index (χ3v) is 7.10. The van der Waals surface area contributed by atoms with Crippen LogP contribution in [0.15, 0.2) is 29.3 Å². The number of carbonyl (C=O) groups is 1. The van der Waals surface area contributed by atoms with E-state index in [1.807, 2.05) is 26.0 Å². The molecule has 0 aliphatic carbocycles. The van der Waals surface area contributed by atoms with Gasteiger partial charge < -0.3 is 19.9 Å². The Morgan fingerprint density at radius 2 is 1.86 bits per heavy atom. The summed E-state index contributed by atoms with van der Waals surface area (Å²) in [5.41, 5.74) is 3.42. The summed E-state index contributed by atoms with van der Waals surface area (Å²) in [6, 6.07) is 6.57. The Labute approximate surface area is 220 Å². The third kappa shape index (κ3) is 6.77. The average molecular weight is 534 g/mol. The minimum Gasteiger partial charge on any atom is -0.394 e. The number of hydrogen-bond donors (Lipinski definition) is 4. The van der Waals surface area contributed by atoms with Crippen molar-refractivity contribution in [3.8, 4) is 0 Å². The van der Waals surface area contributed by atoms with Gasteiger partial charge in [0.25, 0.3) is 0 Å². The van der Waals surface area contributed by atoms with E-state index in [9.17, 15) is 4.79 Å². The van der Waals surface area contributed by atoms with Gasteiger partial charge in [0.1, 0.15) is 22.7 Å². The van der Waals surface area contributed by atoms with Gasteiger partial charge in [0.05, 0.1) is 45.2 Å². The fourth-order valence-corrected chi connectivity index (χ4v) is 5.13. The maximum absolute atomic E-state index is 12.8. The maximum atomic E-state index is 12.8. The Bertz CT molecular complexity index is 1130. The van der Waals surface area contributed by atoms with Gasteiger partial charge in [-0.05, 0) is 38.5 Å². The molecule has 1 aromatic heterocycles. The first kappa shape index (κ1) is 27.9. The van der Waals surface area contributed by atoms with Gasteiger partial charge in [-0.25, -0.2) is 0 Å². The van der Waals surface area contributed by atoms with E-state index < -0.39 is 6.04 Å². The molecule has 4 N–H and O–H groups in total. The summed E-state index contributed by atoms with van der Waals surface area (Å²) in [6.45, 7) is 7.27. The van der Waals surface area contributed by atoms with E-state index in [4.69, 9.17) is 42.0 Å². The molecule has 2 aromatic rings. The van der Waals surface area contributed by atoms with Crippen molar-refractivity contribution in [3.63, 3.8) is 0 Å². The number of nitrogens with zero attached hydrogens (tertiary/aromatic N) is 2. The highest BCUT2D eigenvalue weighted by atomic mass is 35.5. The molecular weight excluding hydrogens is 502 g/mol. The number of benzene rings is 1. The normalized spacial score (nSPS) is 15.4. The number of thiophene rings is 1. The van der Waals surface area contributed by atoms with Crippen LogP contribution < -0.4 is 10.2 Å². The number of anilines is 1. The van der Waals surface area contributed by atoms with E-state index in [1.54, 1.807) is 24.0 Å². The van der Waals surface area contributed by atoms with Crippen LogP contribution in [0.4, 0.5) is 5.00 Å². The Morgan fingerprint density at radius 3 is 2.50 bits per heavy atom. The first-order valence-corrected chi connectivity index (χ1v) is 12.8. The number of nitrogens with one attached hydrogen (secondary N) is 3. The fraction of sp³-hybridized carbons (Fsp3) is 0.440. The molecule has 0 fully saturated rings. The lowest BCUT2D eigenvalue weighted by Gasteiger charge is -2.24. The molecule has 11 heteroatoms. The summed E-state index contributed by atoms with van der Waals surface area (Å²) >= 11 is 7.63. The average Bonchev–Trinajstić information content (AvgIpc) is 3.05. The first-order chi connectivity index (χ1) is 17.2. The van der Waals surface area contributed by atoms with Gasteiger partial charge in [-0.2, -0.15) is 0 Å². The summed E-state index contributed by atoms with van der Waals surface area (Å²) in [7, 11) is 0. The van der Waals surface area contributed by atoms with Crippen molar-refractivity contribution in [1.82, 2.24) is 5.32 Å². The molecule has 0 spiro atoms. The van der Waals surface area contributed by atoms with Gasteiger partial charge >= 0.3 is 0 Å². The van der Waals surface area contributed by atoms with Crippen LogP contribution in [-0.4, -0.2) is 74.0 Å². The van der Waals surface area contributed by atoms with Crippen molar-refractivity contribution >= 4 is 51.2 Å². The number of rotatable bonds is 11. The van der Waals surface area contributed by atoms with Crippen LogP contribution in [0.2, 0.25) is 5.02 Å². The van der Waals surface area contributed by atoms with E-state index in [1.165, 1.54) is 11.3 Å². The highest BCUT2D eigenvalue weighted by Crippen LogP contribution is 2.40. The van der Waals surface area contributed by atoms with Crippen LogP contribution in [0.25, 0.3) is 0 Å². The van der Waals surface area contributed by atoms with Crippen molar-refractivity contribution in [3.05, 3.63) is 50.9 Å². The third-order valence-electron chi connectivity index (χ3n) is 5.66. The summed E-state index contributed by atoms with van der Waals surface area (Å²) < 4.78 is 10.5. The second-order valence-corrected chi connectivity index (χ2v) is 9.91. The molecule has 0 saturated heterocycles. The molecule has 2 heterocycles. The van der Waals surface area contributed by atoms with Gasteiger partial charge in [0, 0.05) is 27.6 Å². The molecule has 9 nitrogen and oxygen atoms in total. The van der Waals surface area contributed by atoms with Crippen LogP contribution >= 0.6 is 22.9 Å². The molecule has 0 saturated carbocycles. The Hall–Kier alpha value is -2.63. The molecule has 3 rings (SSSR count). The summed E-state index contributed by atoms with van der Waals surface area (Å²) in [5.74, 6) is 0.0171. The topological polar surface area (TPSA) is 131 Å². The van der Waals surface area contributed by atoms with Crippen molar-refractivity contribution in [1.29, 1.82) is 10.8 Å². The lowest BCUT2D eigenvalue weighted by atomic mass is 9.99. The number of amidine groups is 2. The maximum Gasteiger partial charge on any atom is 0.222 e. The first-order valence-electron chi connectivity index (χ1n) is 11.7. The highest BCUT2D eigenvalue weighted by molar-refractivity contribution is 7.17. The van der Waals surface area contributed by atoms with Crippen LogP contribution in [-0.2, 0) is 14.3 Å². The highest BCUT2D eigenvalue weighted by Gasteiger charge is 2.34. The molecule has 0 unspecified atom stereocenters. The molecule has 1 aliphatic rings. The van der Waals surface area contributed by atoms with Gasteiger partial charge in [0.2, 0.25) is 5.91 Å². The van der Waals surface area contributed by atoms with Crippen LogP contribution in [0.3, 0.4) is 0 Å². The second-order valence-electron chi connectivity index (χ2n) is 8.27. The number of aryl methyl sites for hydroxylation is 1. The second kappa shape index (κ2) is 13.1. The van der Waals surface area contributed by atoms with E-state index in [0.29, 0.717) is 37.1 Å². The van der Waals surface area contributed by atoms with Gasteiger partial charge in [0.15, 0.2) is 0 Å². The van der Waals surface area contributed by atoms with Crippen molar-refractivity contribution in [2.24, 2.45) is 4.99 Å². The number of aliphatic hydroxyl groups excluding tert-OH is 1. The molecule has 1 atom stereocenters. The molecule has 0 bridgehead atoms. The number of aliphatic imine (C=N–C) groups is 1. The predicted octanol–water partition coefficient (Wildman–Crippen LogP) is 3.55. The number of ether oxygens (including phenoxy) is 2. The van der Waals surface area contributed by atoms with Gasteiger partial charge in [-0.15, -0.1) is 11.3 Å². The molecular formula is C25H32ClN5O4S. The molecule has 36 heavy (non-hydrogen) atoms. The van der Waals surface area contributed by atoms with E-state index in [2.05, 4.69) is 5.32 Å². The molecule has 1 amide bonds. The monoisotopic (exact) mass is 533 g/mol. The fourth-order valence-electron chi connectivity index (χ4n) is 3.78. The Morgan fingerprint density at radius 1 is 1.19 bits per heavy atom. The summed E-state index contributed by atoms with van der Waals surface area (Å²) in [5, 5.41) is 30.2. The molecule has 1 aliphatic heterocycles. The number of hydrogen-bond acceptors (Lipinski definition) is 8. The van der Waals surface area contributed by atoms with Crippen LogP contribution in [0.1, 0.15) is 34.9 Å². The van der Waals surface area contributed by atoms with E-state index in [0.717, 1.165) is 26.6 Å². The van der Waals surface area contributed by atoms with E-state index in [-0.39, 0.29) is 37.2 Å². The largest absolute Gasteiger partial charge is 0.394 e. The SMILES string of the molecule is CC(=N)N1C(=N)[C@H](CC(=O)NCCOCCOCCO)N=C(c2ccc(Cl)cc2)c2c1sc(C)c2C. The predicted molar refractivity (Wildman–Crippen MR) is 145 cm³/mol. The van der Waals surface area contributed by atoms with Crippen molar-refractivity contribution in [2.45, 2.75) is 33.2 Å². The Kier molecular flexibility index (Phi) is 10.1. The number of aliphatic hydroxyl groups is 1. The summed E-state index contributed by atoms with van der Waals surface area (Å²) in [4.78, 5) is 20.4. The van der Waals surface area contributed by atoms with Crippen molar-refractivity contribution in [2.75, 3.05) is 44.5 Å².